The van der Waals surface area contributed by atoms with Crippen LogP contribution >= 0.6 is 0 Å². The lowest BCUT2D eigenvalue weighted by molar-refractivity contribution is 0.0695. The lowest BCUT2D eigenvalue weighted by atomic mass is 10.2. The van der Waals surface area contributed by atoms with Gasteiger partial charge in [0.25, 0.3) is 0 Å². The molecule has 7 nitrogen and oxygen atoms in total. The highest BCUT2D eigenvalue weighted by Gasteiger charge is 2.14. The highest BCUT2D eigenvalue weighted by Crippen LogP contribution is 2.07. The Morgan fingerprint density at radius 2 is 2.26 bits per heavy atom. The minimum absolute atomic E-state index is 0.243. The largest absolute Gasteiger partial charge is 0.478 e. The summed E-state index contributed by atoms with van der Waals surface area (Å²) in [6, 6.07) is 1.97. The standard InChI is InChI=1S/C12H17N5O2/c1-16-6-4-9(15-16)3-5-13-8-11-10(12(18)19)7-14-17(11)2/h4,6-7,13H,3,5,8H2,1-2H3,(H,18,19). The summed E-state index contributed by atoms with van der Waals surface area (Å²) in [4.78, 5) is 11.0. The van der Waals surface area contributed by atoms with Gasteiger partial charge in [0.1, 0.15) is 5.56 Å². The van der Waals surface area contributed by atoms with E-state index in [1.807, 2.05) is 19.3 Å². The zero-order chi connectivity index (χ0) is 13.8. The van der Waals surface area contributed by atoms with E-state index in [2.05, 4.69) is 15.5 Å². The maximum absolute atomic E-state index is 11.0. The van der Waals surface area contributed by atoms with Gasteiger partial charge < -0.3 is 10.4 Å². The normalized spacial score (nSPS) is 10.8. The fraction of sp³-hybridized carbons (Fsp3) is 0.417. The van der Waals surface area contributed by atoms with Gasteiger partial charge in [-0.1, -0.05) is 0 Å². The second-order valence-electron chi connectivity index (χ2n) is 4.34. The summed E-state index contributed by atoms with van der Waals surface area (Å²) in [6.07, 6.45) is 4.08. The first-order valence-corrected chi connectivity index (χ1v) is 6.01. The van der Waals surface area contributed by atoms with Crippen LogP contribution in [0.1, 0.15) is 21.7 Å². The van der Waals surface area contributed by atoms with Crippen LogP contribution in [0.4, 0.5) is 0 Å². The van der Waals surface area contributed by atoms with Crippen LogP contribution in [0.5, 0.6) is 0 Å². The third-order valence-electron chi connectivity index (χ3n) is 2.91. The van der Waals surface area contributed by atoms with Crippen LogP contribution in [0, 0.1) is 0 Å². The second-order valence-corrected chi connectivity index (χ2v) is 4.34. The second kappa shape index (κ2) is 5.66. The molecule has 2 heterocycles. The number of aromatic nitrogens is 4. The van der Waals surface area contributed by atoms with E-state index >= 15 is 0 Å². The SMILES string of the molecule is Cn1ccc(CCNCc2c(C(=O)O)cnn2C)n1. The molecule has 0 bridgehead atoms. The van der Waals surface area contributed by atoms with Crippen LogP contribution in [0.2, 0.25) is 0 Å². The third kappa shape index (κ3) is 3.19. The zero-order valence-electron chi connectivity index (χ0n) is 11.0. The van der Waals surface area contributed by atoms with Crippen molar-refractivity contribution in [1.82, 2.24) is 24.9 Å². The van der Waals surface area contributed by atoms with Crippen molar-refractivity contribution in [3.05, 3.63) is 35.4 Å². The molecule has 0 amide bonds. The Hall–Kier alpha value is -2.15. The van der Waals surface area contributed by atoms with Gasteiger partial charge in [-0.2, -0.15) is 10.2 Å². The topological polar surface area (TPSA) is 85.0 Å². The highest BCUT2D eigenvalue weighted by molar-refractivity contribution is 5.88. The van der Waals surface area contributed by atoms with Gasteiger partial charge in [-0.05, 0) is 6.07 Å². The van der Waals surface area contributed by atoms with Crippen LogP contribution < -0.4 is 5.32 Å². The summed E-state index contributed by atoms with van der Waals surface area (Å²) >= 11 is 0. The number of carbonyl (C=O) groups is 1. The maximum Gasteiger partial charge on any atom is 0.339 e. The molecule has 0 fully saturated rings. The lowest BCUT2D eigenvalue weighted by Gasteiger charge is -2.05. The minimum atomic E-state index is -0.949. The predicted octanol–water partition coefficient (Wildman–Crippen LogP) is 0.184. The summed E-state index contributed by atoms with van der Waals surface area (Å²) < 4.78 is 3.34. The Labute approximate surface area is 110 Å². The molecule has 2 N–H and O–H groups in total. The van der Waals surface area contributed by atoms with E-state index < -0.39 is 5.97 Å². The Balaban J connectivity index is 1.86. The summed E-state index contributed by atoms with van der Waals surface area (Å²) in [5.41, 5.74) is 1.93. The average Bonchev–Trinajstić information content (AvgIpc) is 2.92. The summed E-state index contributed by atoms with van der Waals surface area (Å²) in [5.74, 6) is -0.949. The van der Waals surface area contributed by atoms with Crippen LogP contribution in [0.15, 0.2) is 18.5 Å². The number of rotatable bonds is 6. The van der Waals surface area contributed by atoms with Crippen LogP contribution in [-0.2, 0) is 27.1 Å². The van der Waals surface area contributed by atoms with E-state index in [1.54, 1.807) is 16.4 Å². The van der Waals surface area contributed by atoms with E-state index in [0.717, 1.165) is 18.7 Å². The fourth-order valence-electron chi connectivity index (χ4n) is 1.87. The highest BCUT2D eigenvalue weighted by atomic mass is 16.4. The molecule has 2 rings (SSSR count). The number of aromatic carboxylic acids is 1. The molecule has 0 atom stereocenters. The van der Waals surface area contributed by atoms with E-state index in [-0.39, 0.29) is 5.56 Å². The lowest BCUT2D eigenvalue weighted by Crippen LogP contribution is -2.20. The number of carboxylic acids is 1. The molecular weight excluding hydrogens is 246 g/mol. The van der Waals surface area contributed by atoms with Crippen molar-refractivity contribution in [2.75, 3.05) is 6.54 Å². The molecule has 0 saturated carbocycles. The fourth-order valence-corrected chi connectivity index (χ4v) is 1.87. The van der Waals surface area contributed by atoms with Gasteiger partial charge in [-0.3, -0.25) is 9.36 Å². The van der Waals surface area contributed by atoms with Crippen LogP contribution in [0.3, 0.4) is 0 Å². The molecule has 2 aromatic rings. The van der Waals surface area contributed by atoms with Crippen molar-refractivity contribution >= 4 is 5.97 Å². The third-order valence-corrected chi connectivity index (χ3v) is 2.91. The van der Waals surface area contributed by atoms with Gasteiger partial charge in [-0.15, -0.1) is 0 Å². The molecule has 102 valence electrons. The Morgan fingerprint density at radius 3 is 2.89 bits per heavy atom. The first kappa shape index (κ1) is 13.3. The molecular formula is C12H17N5O2. The Kier molecular flexibility index (Phi) is 3.96. The van der Waals surface area contributed by atoms with E-state index in [0.29, 0.717) is 12.2 Å². The van der Waals surface area contributed by atoms with Gasteiger partial charge in [0.05, 0.1) is 17.6 Å². The summed E-state index contributed by atoms with van der Waals surface area (Å²) in [5, 5.41) is 20.5. The van der Waals surface area contributed by atoms with E-state index in [1.165, 1.54) is 6.20 Å². The van der Waals surface area contributed by atoms with E-state index in [9.17, 15) is 4.79 Å². The van der Waals surface area contributed by atoms with Crippen molar-refractivity contribution in [3.63, 3.8) is 0 Å². The van der Waals surface area contributed by atoms with Gasteiger partial charge in [0, 0.05) is 39.8 Å². The molecule has 0 saturated heterocycles. The monoisotopic (exact) mass is 263 g/mol. The number of nitrogens with zero attached hydrogens (tertiary/aromatic N) is 4. The van der Waals surface area contributed by atoms with Crippen molar-refractivity contribution < 1.29 is 9.90 Å². The van der Waals surface area contributed by atoms with Crippen molar-refractivity contribution in [2.45, 2.75) is 13.0 Å². The van der Waals surface area contributed by atoms with Gasteiger partial charge in [-0.25, -0.2) is 4.79 Å². The molecule has 0 spiro atoms. The average molecular weight is 263 g/mol. The molecule has 0 aliphatic rings. The number of hydrogen-bond acceptors (Lipinski definition) is 4. The Morgan fingerprint density at radius 1 is 1.47 bits per heavy atom. The van der Waals surface area contributed by atoms with E-state index in [4.69, 9.17) is 5.11 Å². The molecule has 0 aliphatic carbocycles. The summed E-state index contributed by atoms with van der Waals surface area (Å²) in [7, 11) is 3.62. The first-order chi connectivity index (χ1) is 9.08. The van der Waals surface area contributed by atoms with Gasteiger partial charge >= 0.3 is 5.97 Å². The smallest absolute Gasteiger partial charge is 0.339 e. The predicted molar refractivity (Wildman–Crippen MR) is 68.8 cm³/mol. The van der Waals surface area contributed by atoms with Crippen molar-refractivity contribution in [2.24, 2.45) is 14.1 Å². The molecule has 0 unspecified atom stereocenters. The zero-order valence-corrected chi connectivity index (χ0v) is 11.0. The maximum atomic E-state index is 11.0. The number of nitrogens with one attached hydrogen (secondary N) is 1. The molecule has 2 aromatic heterocycles. The van der Waals surface area contributed by atoms with Gasteiger partial charge in [0.15, 0.2) is 0 Å². The molecule has 0 radical (unpaired) electrons. The molecule has 0 aromatic carbocycles. The minimum Gasteiger partial charge on any atom is -0.478 e. The van der Waals surface area contributed by atoms with Crippen molar-refractivity contribution in [1.29, 1.82) is 0 Å². The first-order valence-electron chi connectivity index (χ1n) is 6.01. The Bertz CT molecular complexity index is 572. The molecule has 19 heavy (non-hydrogen) atoms. The quantitative estimate of drug-likeness (QED) is 0.726. The molecule has 0 aliphatic heterocycles. The number of hydrogen-bond donors (Lipinski definition) is 2. The number of aryl methyl sites for hydroxylation is 2. The summed E-state index contributed by atoms with van der Waals surface area (Å²) in [6.45, 7) is 1.21. The van der Waals surface area contributed by atoms with Crippen LogP contribution in [-0.4, -0.2) is 37.2 Å². The van der Waals surface area contributed by atoms with Crippen LogP contribution in [0.25, 0.3) is 0 Å². The molecule has 7 heteroatoms. The number of carboxylic acid groups (broad SMARTS) is 1. The van der Waals surface area contributed by atoms with Gasteiger partial charge in [0.2, 0.25) is 0 Å². The van der Waals surface area contributed by atoms with Crippen molar-refractivity contribution in [3.8, 4) is 0 Å².